The molecule has 1 aliphatic carbocycles. The number of ether oxygens (including phenoxy) is 4. The lowest BCUT2D eigenvalue weighted by Gasteiger charge is -2.38. The van der Waals surface area contributed by atoms with Crippen LogP contribution in [-0.4, -0.2) is 112 Å². The van der Waals surface area contributed by atoms with Crippen LogP contribution in [0.1, 0.15) is 82.7 Å². The van der Waals surface area contributed by atoms with Gasteiger partial charge in [0.2, 0.25) is 18.2 Å². The van der Waals surface area contributed by atoms with E-state index in [1.165, 1.54) is 14.2 Å². The Kier molecular flexibility index (Phi) is 12.5. The van der Waals surface area contributed by atoms with Gasteiger partial charge in [-0.3, -0.25) is 14.9 Å². The molecule has 3 aliphatic heterocycles. The number of aliphatic hydroxyl groups is 1. The molecule has 0 spiro atoms. The molecule has 8 atom stereocenters. The van der Waals surface area contributed by atoms with E-state index in [0.29, 0.717) is 38.4 Å². The SMILES string of the molecule is COCC1CC(c2nc3c(ccc4cc5c(cc43)OCc3cc(-c4cnc(C6CCC(C)N6C(=O)C(NC(O)OC)C(C)C)[nH]4)ccc3-5)[nH]2)N(C(=O)C(NC(=O)OC)C2(C)C=CC=CC2)C1. The quantitative estimate of drug-likeness (QED) is 0.0761. The summed E-state index contributed by atoms with van der Waals surface area (Å²) in [6.45, 7) is 9.22. The van der Waals surface area contributed by atoms with Crippen molar-refractivity contribution in [3.63, 3.8) is 0 Å². The van der Waals surface area contributed by atoms with E-state index < -0.39 is 30.0 Å². The van der Waals surface area contributed by atoms with Crippen molar-refractivity contribution in [1.29, 1.82) is 0 Å². The number of alkyl carbamates (subject to hydrolysis) is 1. The number of allylic oxidation sites excluding steroid dienone is 3. The summed E-state index contributed by atoms with van der Waals surface area (Å²) in [4.78, 5) is 62.1. The Hall–Kier alpha value is -6.07. The van der Waals surface area contributed by atoms with Crippen molar-refractivity contribution < 1.29 is 38.4 Å². The fourth-order valence-corrected chi connectivity index (χ4v) is 10.4. The summed E-state index contributed by atoms with van der Waals surface area (Å²) in [7, 11) is 4.36. The number of hydrogen-bond donors (Lipinski definition) is 5. The summed E-state index contributed by atoms with van der Waals surface area (Å²) in [5.41, 5.74) is 5.86. The van der Waals surface area contributed by atoms with Crippen LogP contribution in [-0.2, 0) is 30.4 Å². The van der Waals surface area contributed by atoms with E-state index in [9.17, 15) is 19.5 Å². The van der Waals surface area contributed by atoms with E-state index in [2.05, 4.69) is 63.9 Å². The maximum absolute atomic E-state index is 14.7. The van der Waals surface area contributed by atoms with Crippen LogP contribution in [0.2, 0.25) is 0 Å². The predicted octanol–water partition coefficient (Wildman–Crippen LogP) is 7.04. The van der Waals surface area contributed by atoms with Crippen LogP contribution in [0, 0.1) is 17.3 Å². The van der Waals surface area contributed by atoms with Gasteiger partial charge in [-0.1, -0.05) is 63.3 Å². The zero-order valence-corrected chi connectivity index (χ0v) is 38.6. The number of methoxy groups -OCH3 is 3. The highest BCUT2D eigenvalue weighted by Gasteiger charge is 2.47. The van der Waals surface area contributed by atoms with E-state index in [1.54, 1.807) is 7.11 Å². The third kappa shape index (κ3) is 8.35. The Morgan fingerprint density at radius 2 is 1.83 bits per heavy atom. The number of carbonyl (C=O) groups excluding carboxylic acids is 3. The highest BCUT2D eigenvalue weighted by atomic mass is 16.6. The standard InChI is InChI=1S/C50H60N8O8/c1-27(2)41(55-48(61)64-6)46(59)58-28(3)11-16-38(58)44-51-23-37(53-44)31-12-14-33-32(20-31)26-66-40-22-34-30(21-35(33)40)13-15-36-42(34)54-45(52-36)39-19-29(25-63-5)24-57(39)47(60)43(56-49(62)65-7)50(4)17-9-8-10-18-50/h8-10,12-15,17,20-23,27-29,38-39,41,43,48,55,61H,11,16,18-19,24-26H2,1-7H3,(H,51,53)(H,52,54)(H,56,62). The molecule has 16 nitrogen and oxygen atoms in total. The second-order valence-electron chi connectivity index (χ2n) is 18.8. The van der Waals surface area contributed by atoms with Crippen LogP contribution in [0.5, 0.6) is 5.75 Å². The lowest BCUT2D eigenvalue weighted by Crippen LogP contribution is -2.56. The second kappa shape index (κ2) is 18.3. The van der Waals surface area contributed by atoms with Gasteiger partial charge in [-0.05, 0) is 84.9 Å². The molecule has 5 aromatic rings. The van der Waals surface area contributed by atoms with Crippen molar-refractivity contribution >= 4 is 39.7 Å². The normalized spacial score (nSPS) is 23.8. The molecule has 3 aromatic carbocycles. The van der Waals surface area contributed by atoms with E-state index in [0.717, 1.165) is 74.2 Å². The number of aromatic nitrogens is 4. The first-order valence-corrected chi connectivity index (χ1v) is 22.9. The van der Waals surface area contributed by atoms with Gasteiger partial charge in [0.1, 0.15) is 30.0 Å². The number of H-pyrrole nitrogens is 2. The van der Waals surface area contributed by atoms with Gasteiger partial charge in [0.15, 0.2) is 0 Å². The number of aliphatic hydroxyl groups excluding tert-OH is 1. The lowest BCUT2D eigenvalue weighted by atomic mass is 9.76. The summed E-state index contributed by atoms with van der Waals surface area (Å²) in [6.07, 6.45) is 10.6. The number of rotatable bonds is 13. The topological polar surface area (TPSA) is 196 Å². The minimum absolute atomic E-state index is 0.00576. The average Bonchev–Trinajstić information content (AvgIpc) is 4.15. The van der Waals surface area contributed by atoms with Gasteiger partial charge in [-0.15, -0.1) is 0 Å². The van der Waals surface area contributed by atoms with E-state index >= 15 is 0 Å². The molecule has 2 saturated heterocycles. The highest BCUT2D eigenvalue weighted by molar-refractivity contribution is 6.07. The zero-order chi connectivity index (χ0) is 46.4. The molecule has 0 bridgehead atoms. The van der Waals surface area contributed by atoms with Crippen LogP contribution in [0.4, 0.5) is 4.79 Å². The molecular weight excluding hydrogens is 841 g/mol. The molecule has 348 valence electrons. The number of fused-ring (bicyclic) bond motifs is 6. The van der Waals surface area contributed by atoms with E-state index in [4.69, 9.17) is 28.9 Å². The highest BCUT2D eigenvalue weighted by Crippen LogP contribution is 2.45. The molecule has 0 saturated carbocycles. The number of aromatic amines is 2. The van der Waals surface area contributed by atoms with Gasteiger partial charge in [0, 0.05) is 49.1 Å². The number of benzene rings is 3. The fraction of sp³-hybridized carbons (Fsp3) is 0.460. The van der Waals surface area contributed by atoms with Crippen molar-refractivity contribution in [3.05, 3.63) is 90.2 Å². The maximum atomic E-state index is 14.7. The van der Waals surface area contributed by atoms with Crippen LogP contribution >= 0.6 is 0 Å². The summed E-state index contributed by atoms with van der Waals surface area (Å²) < 4.78 is 22.0. The number of likely N-dealkylation sites (tertiary alicyclic amines) is 2. The molecule has 5 N–H and O–H groups in total. The van der Waals surface area contributed by atoms with Gasteiger partial charge < -0.3 is 49.1 Å². The summed E-state index contributed by atoms with van der Waals surface area (Å²) in [5.74, 6) is 1.85. The smallest absolute Gasteiger partial charge is 0.407 e. The summed E-state index contributed by atoms with van der Waals surface area (Å²) in [6, 6.07) is 12.6. The van der Waals surface area contributed by atoms with Crippen LogP contribution in [0.3, 0.4) is 0 Å². The van der Waals surface area contributed by atoms with Gasteiger partial charge in [0.05, 0.1) is 54.8 Å². The summed E-state index contributed by atoms with van der Waals surface area (Å²) in [5, 5.41) is 17.9. The predicted molar refractivity (Wildman–Crippen MR) is 249 cm³/mol. The van der Waals surface area contributed by atoms with Gasteiger partial charge in [-0.2, -0.15) is 0 Å². The minimum atomic E-state index is -1.25. The molecule has 66 heavy (non-hydrogen) atoms. The molecule has 9 rings (SSSR count). The first-order valence-electron chi connectivity index (χ1n) is 22.9. The van der Waals surface area contributed by atoms with Gasteiger partial charge in [-0.25, -0.2) is 14.8 Å². The van der Waals surface area contributed by atoms with Crippen molar-refractivity contribution in [3.8, 4) is 28.1 Å². The number of nitrogens with zero attached hydrogens (tertiary/aromatic N) is 4. The van der Waals surface area contributed by atoms with E-state index in [-0.39, 0.29) is 41.8 Å². The Bertz CT molecular complexity index is 2710. The fourth-order valence-electron chi connectivity index (χ4n) is 10.4. The molecule has 0 radical (unpaired) electrons. The minimum Gasteiger partial charge on any atom is -0.488 e. The molecule has 8 unspecified atom stereocenters. The third-order valence-electron chi connectivity index (χ3n) is 14.0. The Labute approximate surface area is 384 Å². The van der Waals surface area contributed by atoms with Gasteiger partial charge in [0.25, 0.3) is 0 Å². The van der Waals surface area contributed by atoms with E-state index in [1.807, 2.05) is 67.1 Å². The number of imidazole rings is 2. The number of nitrogens with one attached hydrogen (secondary N) is 4. The van der Waals surface area contributed by atoms with Crippen molar-refractivity contribution in [2.24, 2.45) is 17.3 Å². The molecule has 2 fully saturated rings. The Balaban J connectivity index is 0.981. The van der Waals surface area contributed by atoms with Crippen LogP contribution < -0.4 is 15.4 Å². The second-order valence-corrected chi connectivity index (χ2v) is 18.8. The third-order valence-corrected chi connectivity index (χ3v) is 14.0. The summed E-state index contributed by atoms with van der Waals surface area (Å²) >= 11 is 0. The zero-order valence-electron chi connectivity index (χ0n) is 38.6. The molecule has 5 heterocycles. The molecule has 3 amide bonds. The number of hydrogen-bond acceptors (Lipinski definition) is 11. The largest absolute Gasteiger partial charge is 0.488 e. The Morgan fingerprint density at radius 3 is 2.58 bits per heavy atom. The Morgan fingerprint density at radius 1 is 1.00 bits per heavy atom. The van der Waals surface area contributed by atoms with Crippen molar-refractivity contribution in [2.45, 2.75) is 96.6 Å². The number of carbonyl (C=O) groups is 3. The average molecular weight is 901 g/mol. The maximum Gasteiger partial charge on any atom is 0.407 e. The molecule has 2 aromatic heterocycles. The van der Waals surface area contributed by atoms with Gasteiger partial charge >= 0.3 is 6.09 Å². The first kappa shape index (κ1) is 45.1. The van der Waals surface area contributed by atoms with Crippen molar-refractivity contribution in [1.82, 2.24) is 40.4 Å². The lowest BCUT2D eigenvalue weighted by molar-refractivity contribution is -0.146. The molecule has 16 heteroatoms. The molecule has 4 aliphatic rings. The van der Waals surface area contributed by atoms with Crippen LogP contribution in [0.15, 0.2) is 73.0 Å². The number of amides is 3. The monoisotopic (exact) mass is 900 g/mol. The molecular formula is C50H60N8O8. The van der Waals surface area contributed by atoms with Crippen LogP contribution in [0.25, 0.3) is 44.2 Å². The first-order chi connectivity index (χ1) is 31.8. The van der Waals surface area contributed by atoms with Crippen molar-refractivity contribution in [2.75, 3.05) is 34.5 Å².